The Labute approximate surface area is 125 Å². The van der Waals surface area contributed by atoms with Crippen LogP contribution in [0.5, 0.6) is 0 Å². The van der Waals surface area contributed by atoms with Crippen molar-refractivity contribution >= 4 is 11.6 Å². The second-order valence-electron chi connectivity index (χ2n) is 5.86. The molecule has 114 valence electrons. The first-order valence-corrected chi connectivity index (χ1v) is 7.54. The molecule has 1 aromatic carbocycles. The van der Waals surface area contributed by atoms with Crippen molar-refractivity contribution in [2.45, 2.75) is 25.5 Å². The molecule has 0 unspecified atom stereocenters. The minimum atomic E-state index is -0.171. The zero-order chi connectivity index (χ0) is 14.8. The van der Waals surface area contributed by atoms with E-state index in [1.165, 1.54) is 5.56 Å². The zero-order valence-electron chi connectivity index (χ0n) is 12.4. The Balaban J connectivity index is 1.68. The van der Waals surface area contributed by atoms with Gasteiger partial charge in [0.15, 0.2) is 0 Å². The minimum Gasteiger partial charge on any atom is -0.394 e. The highest BCUT2D eigenvalue weighted by Gasteiger charge is 2.32. The number of nitrogens with zero attached hydrogens (tertiary/aromatic N) is 2. The Morgan fingerprint density at radius 1 is 1.43 bits per heavy atom. The maximum atomic E-state index is 12.7. The Morgan fingerprint density at radius 3 is 3.05 bits per heavy atom. The van der Waals surface area contributed by atoms with Gasteiger partial charge in [0.25, 0.3) is 0 Å². The van der Waals surface area contributed by atoms with Gasteiger partial charge in [0.1, 0.15) is 0 Å². The van der Waals surface area contributed by atoms with Crippen LogP contribution in [0.2, 0.25) is 0 Å². The molecule has 0 aliphatic carbocycles. The SMILES string of the molecule is C[C@@H]1Cc2ccccc2N1C(=O)CN1CCO[C@H](CO)C1. The van der Waals surface area contributed by atoms with Gasteiger partial charge in [-0.25, -0.2) is 0 Å². The summed E-state index contributed by atoms with van der Waals surface area (Å²) in [4.78, 5) is 16.6. The van der Waals surface area contributed by atoms with Crippen molar-refractivity contribution in [3.63, 3.8) is 0 Å². The van der Waals surface area contributed by atoms with Crippen LogP contribution in [0.1, 0.15) is 12.5 Å². The van der Waals surface area contributed by atoms with Crippen LogP contribution in [-0.2, 0) is 16.0 Å². The number of hydrogen-bond acceptors (Lipinski definition) is 4. The molecule has 1 fully saturated rings. The second-order valence-corrected chi connectivity index (χ2v) is 5.86. The first-order chi connectivity index (χ1) is 10.2. The van der Waals surface area contributed by atoms with Crippen LogP contribution in [0.25, 0.3) is 0 Å². The highest BCUT2D eigenvalue weighted by atomic mass is 16.5. The number of hydrogen-bond donors (Lipinski definition) is 1. The van der Waals surface area contributed by atoms with Crippen LogP contribution in [0, 0.1) is 0 Å². The molecule has 1 saturated heterocycles. The zero-order valence-corrected chi connectivity index (χ0v) is 12.4. The molecular formula is C16H22N2O3. The van der Waals surface area contributed by atoms with Gasteiger partial charge in [-0.3, -0.25) is 9.69 Å². The summed E-state index contributed by atoms with van der Waals surface area (Å²) >= 11 is 0. The summed E-state index contributed by atoms with van der Waals surface area (Å²) in [6, 6.07) is 8.33. The van der Waals surface area contributed by atoms with Gasteiger partial charge in [-0.05, 0) is 25.0 Å². The topological polar surface area (TPSA) is 53.0 Å². The smallest absolute Gasteiger partial charge is 0.241 e. The van der Waals surface area contributed by atoms with E-state index in [2.05, 4.69) is 17.9 Å². The summed E-state index contributed by atoms with van der Waals surface area (Å²) in [6.07, 6.45) is 0.749. The van der Waals surface area contributed by atoms with E-state index in [-0.39, 0.29) is 24.7 Å². The number of aliphatic hydroxyl groups excluding tert-OH is 1. The molecule has 5 heteroatoms. The summed E-state index contributed by atoms with van der Waals surface area (Å²) in [5.74, 6) is 0.131. The summed E-state index contributed by atoms with van der Waals surface area (Å²) < 4.78 is 5.43. The number of para-hydroxylation sites is 1. The fraction of sp³-hybridized carbons (Fsp3) is 0.562. The normalized spacial score (nSPS) is 25.9. The van der Waals surface area contributed by atoms with E-state index >= 15 is 0 Å². The van der Waals surface area contributed by atoms with Crippen LogP contribution in [0.4, 0.5) is 5.69 Å². The van der Waals surface area contributed by atoms with E-state index in [1.807, 2.05) is 23.1 Å². The third kappa shape index (κ3) is 2.95. The van der Waals surface area contributed by atoms with E-state index in [0.717, 1.165) is 18.7 Å². The van der Waals surface area contributed by atoms with Crippen molar-refractivity contribution in [3.05, 3.63) is 29.8 Å². The second kappa shape index (κ2) is 6.13. The first-order valence-electron chi connectivity index (χ1n) is 7.54. The molecule has 2 heterocycles. The fourth-order valence-corrected chi connectivity index (χ4v) is 3.25. The molecule has 21 heavy (non-hydrogen) atoms. The number of benzene rings is 1. The van der Waals surface area contributed by atoms with Crippen LogP contribution in [0.15, 0.2) is 24.3 Å². The monoisotopic (exact) mass is 290 g/mol. The average molecular weight is 290 g/mol. The average Bonchev–Trinajstić information content (AvgIpc) is 2.83. The number of ether oxygens (including phenoxy) is 1. The van der Waals surface area contributed by atoms with Gasteiger partial charge in [0, 0.05) is 24.8 Å². The molecule has 0 radical (unpaired) electrons. The summed E-state index contributed by atoms with van der Waals surface area (Å²) in [7, 11) is 0. The summed E-state index contributed by atoms with van der Waals surface area (Å²) in [6.45, 7) is 4.42. The number of fused-ring (bicyclic) bond motifs is 1. The maximum Gasteiger partial charge on any atom is 0.241 e. The standard InChI is InChI=1S/C16H22N2O3/c1-12-8-13-4-2-3-5-15(13)18(12)16(20)10-17-6-7-21-14(9-17)11-19/h2-5,12,14,19H,6-11H2,1H3/t12-,14+/m1/s1. The van der Waals surface area contributed by atoms with Gasteiger partial charge in [-0.1, -0.05) is 18.2 Å². The Morgan fingerprint density at radius 2 is 2.24 bits per heavy atom. The third-order valence-electron chi connectivity index (χ3n) is 4.26. The fourth-order valence-electron chi connectivity index (χ4n) is 3.25. The number of carbonyl (C=O) groups is 1. The van der Waals surface area contributed by atoms with Crippen molar-refractivity contribution in [2.75, 3.05) is 37.7 Å². The van der Waals surface area contributed by atoms with E-state index < -0.39 is 0 Å². The van der Waals surface area contributed by atoms with E-state index in [0.29, 0.717) is 19.7 Å². The molecular weight excluding hydrogens is 268 g/mol. The number of aliphatic hydroxyl groups is 1. The molecule has 5 nitrogen and oxygen atoms in total. The minimum absolute atomic E-state index is 0.00758. The number of amides is 1. The van der Waals surface area contributed by atoms with Crippen LogP contribution in [-0.4, -0.2) is 60.9 Å². The lowest BCUT2D eigenvalue weighted by atomic mass is 10.1. The lowest BCUT2D eigenvalue weighted by Gasteiger charge is -2.33. The van der Waals surface area contributed by atoms with Gasteiger partial charge in [0.05, 0.1) is 25.9 Å². The molecule has 2 aliphatic heterocycles. The quantitative estimate of drug-likeness (QED) is 0.888. The van der Waals surface area contributed by atoms with Crippen molar-refractivity contribution in [2.24, 2.45) is 0 Å². The van der Waals surface area contributed by atoms with Crippen molar-refractivity contribution in [1.82, 2.24) is 4.90 Å². The molecule has 0 aromatic heterocycles. The lowest BCUT2D eigenvalue weighted by molar-refractivity contribution is -0.122. The summed E-state index contributed by atoms with van der Waals surface area (Å²) in [5.41, 5.74) is 2.29. The van der Waals surface area contributed by atoms with Gasteiger partial charge >= 0.3 is 0 Å². The predicted octanol–water partition coefficient (Wildman–Crippen LogP) is 0.657. The molecule has 2 atom stereocenters. The van der Waals surface area contributed by atoms with Crippen molar-refractivity contribution < 1.29 is 14.6 Å². The highest BCUT2D eigenvalue weighted by Crippen LogP contribution is 2.31. The largest absolute Gasteiger partial charge is 0.394 e. The Kier molecular flexibility index (Phi) is 4.24. The van der Waals surface area contributed by atoms with Crippen LogP contribution in [0.3, 0.4) is 0 Å². The van der Waals surface area contributed by atoms with Gasteiger partial charge in [-0.2, -0.15) is 0 Å². The van der Waals surface area contributed by atoms with Crippen LogP contribution >= 0.6 is 0 Å². The molecule has 3 rings (SSSR count). The molecule has 1 amide bonds. The summed E-state index contributed by atoms with van der Waals surface area (Å²) in [5, 5.41) is 9.18. The maximum absolute atomic E-state index is 12.7. The van der Waals surface area contributed by atoms with Gasteiger partial charge < -0.3 is 14.7 Å². The molecule has 1 aromatic rings. The Hall–Kier alpha value is -1.43. The van der Waals surface area contributed by atoms with Crippen molar-refractivity contribution in [3.8, 4) is 0 Å². The van der Waals surface area contributed by atoms with E-state index in [4.69, 9.17) is 4.74 Å². The molecule has 0 bridgehead atoms. The highest BCUT2D eigenvalue weighted by molar-refractivity contribution is 5.97. The van der Waals surface area contributed by atoms with Crippen molar-refractivity contribution in [1.29, 1.82) is 0 Å². The Bertz CT molecular complexity index is 520. The predicted molar refractivity (Wildman–Crippen MR) is 80.4 cm³/mol. The molecule has 2 aliphatic rings. The van der Waals surface area contributed by atoms with Gasteiger partial charge in [-0.15, -0.1) is 0 Å². The number of morpholine rings is 1. The number of rotatable bonds is 3. The first kappa shape index (κ1) is 14.5. The molecule has 0 spiro atoms. The lowest BCUT2D eigenvalue weighted by Crippen LogP contribution is -2.49. The molecule has 0 saturated carbocycles. The van der Waals surface area contributed by atoms with Crippen LogP contribution < -0.4 is 4.90 Å². The molecule has 1 N–H and O–H groups in total. The number of anilines is 1. The van der Waals surface area contributed by atoms with E-state index in [9.17, 15) is 9.90 Å². The van der Waals surface area contributed by atoms with Gasteiger partial charge in [0.2, 0.25) is 5.91 Å². The number of carbonyl (C=O) groups excluding carboxylic acids is 1. The van der Waals surface area contributed by atoms with E-state index in [1.54, 1.807) is 0 Å². The third-order valence-corrected chi connectivity index (χ3v) is 4.26.